The molecular weight excluding hydrogens is 207 g/mol. The molecule has 16 heavy (non-hydrogen) atoms. The van der Waals surface area contributed by atoms with E-state index in [0.29, 0.717) is 11.4 Å². The summed E-state index contributed by atoms with van der Waals surface area (Å²) in [5.74, 6) is -0.0967. The number of rotatable bonds is 3. The second-order valence-electron chi connectivity index (χ2n) is 4.36. The van der Waals surface area contributed by atoms with Crippen molar-refractivity contribution in [2.24, 2.45) is 5.92 Å². The number of aliphatic hydroxyl groups excluding tert-OH is 1. The Morgan fingerprint density at radius 3 is 2.94 bits per heavy atom. The van der Waals surface area contributed by atoms with Crippen LogP contribution in [0.1, 0.15) is 19.3 Å². The third-order valence-electron chi connectivity index (χ3n) is 3.23. The van der Waals surface area contributed by atoms with Crippen LogP contribution in [0.15, 0.2) is 18.2 Å². The van der Waals surface area contributed by atoms with Gasteiger partial charge in [0.05, 0.1) is 5.69 Å². The number of aliphatic hydroxyl groups is 1. The number of nitrogens with one attached hydrogen (secondary N) is 1. The van der Waals surface area contributed by atoms with Gasteiger partial charge in [-0.2, -0.15) is 0 Å². The zero-order valence-corrected chi connectivity index (χ0v) is 9.12. The van der Waals surface area contributed by atoms with Crippen molar-refractivity contribution in [3.8, 4) is 0 Å². The van der Waals surface area contributed by atoms with Crippen molar-refractivity contribution in [2.75, 3.05) is 17.7 Å². The molecule has 2 rings (SSSR count). The van der Waals surface area contributed by atoms with Crippen LogP contribution in [0.25, 0.3) is 0 Å². The van der Waals surface area contributed by atoms with Gasteiger partial charge in [-0.15, -0.1) is 0 Å². The van der Waals surface area contributed by atoms with Crippen LogP contribution in [0, 0.1) is 11.7 Å². The summed E-state index contributed by atoms with van der Waals surface area (Å²) >= 11 is 0. The molecule has 0 bridgehead atoms. The van der Waals surface area contributed by atoms with Crippen LogP contribution >= 0.6 is 0 Å². The molecule has 0 radical (unpaired) electrons. The zero-order valence-electron chi connectivity index (χ0n) is 9.12. The van der Waals surface area contributed by atoms with Gasteiger partial charge >= 0.3 is 0 Å². The van der Waals surface area contributed by atoms with Gasteiger partial charge in [-0.3, -0.25) is 0 Å². The Labute approximate surface area is 94.5 Å². The molecule has 0 amide bonds. The van der Waals surface area contributed by atoms with Gasteiger partial charge in [0.1, 0.15) is 5.82 Å². The van der Waals surface area contributed by atoms with Gasteiger partial charge in [0, 0.05) is 24.3 Å². The Morgan fingerprint density at radius 2 is 2.25 bits per heavy atom. The molecule has 0 saturated heterocycles. The molecule has 0 spiro atoms. The van der Waals surface area contributed by atoms with E-state index in [9.17, 15) is 9.50 Å². The Bertz CT molecular complexity index is 370. The zero-order chi connectivity index (χ0) is 11.5. The monoisotopic (exact) mass is 224 g/mol. The Kier molecular flexibility index (Phi) is 3.29. The lowest BCUT2D eigenvalue weighted by molar-refractivity contribution is 0.222. The van der Waals surface area contributed by atoms with Gasteiger partial charge in [-0.1, -0.05) is 6.42 Å². The number of nitrogen functional groups attached to an aromatic ring is 1. The first-order chi connectivity index (χ1) is 7.70. The Balaban J connectivity index is 2.08. The predicted octanol–water partition coefficient (Wildman–Crippen LogP) is 1.98. The number of hydrogen-bond donors (Lipinski definition) is 3. The number of anilines is 2. The van der Waals surface area contributed by atoms with Gasteiger partial charge in [-0.25, -0.2) is 4.39 Å². The van der Waals surface area contributed by atoms with Gasteiger partial charge in [-0.05, 0) is 31.0 Å². The van der Waals surface area contributed by atoms with Crippen LogP contribution in [0.2, 0.25) is 0 Å². The highest BCUT2D eigenvalue weighted by molar-refractivity contribution is 5.53. The van der Waals surface area contributed by atoms with E-state index in [1.807, 2.05) is 0 Å². The van der Waals surface area contributed by atoms with Gasteiger partial charge in [0.25, 0.3) is 0 Å². The smallest absolute Gasteiger partial charge is 0.148 e. The molecule has 0 heterocycles. The topological polar surface area (TPSA) is 58.3 Å². The first-order valence-electron chi connectivity index (χ1n) is 5.63. The van der Waals surface area contributed by atoms with Crippen molar-refractivity contribution in [2.45, 2.75) is 25.3 Å². The molecule has 1 aliphatic carbocycles. The van der Waals surface area contributed by atoms with E-state index >= 15 is 0 Å². The minimum atomic E-state index is -0.330. The Morgan fingerprint density at radius 1 is 1.44 bits per heavy atom. The highest BCUT2D eigenvalue weighted by atomic mass is 19.1. The van der Waals surface area contributed by atoms with E-state index in [1.165, 1.54) is 6.07 Å². The van der Waals surface area contributed by atoms with Gasteiger partial charge in [0.15, 0.2) is 0 Å². The number of hydrogen-bond acceptors (Lipinski definition) is 3. The first kappa shape index (κ1) is 11.2. The van der Waals surface area contributed by atoms with Crippen LogP contribution in [0.4, 0.5) is 15.8 Å². The van der Waals surface area contributed by atoms with Crippen LogP contribution in [0.5, 0.6) is 0 Å². The minimum Gasteiger partial charge on any atom is -0.399 e. The molecule has 2 atom stereocenters. The normalized spacial score (nSPS) is 24.6. The van der Waals surface area contributed by atoms with E-state index in [0.717, 1.165) is 19.3 Å². The van der Waals surface area contributed by atoms with E-state index in [4.69, 9.17) is 5.73 Å². The van der Waals surface area contributed by atoms with Crippen LogP contribution in [-0.4, -0.2) is 17.8 Å². The van der Waals surface area contributed by atoms with Crippen molar-refractivity contribution >= 4 is 11.4 Å². The quantitative estimate of drug-likeness (QED) is 0.688. The maximum absolute atomic E-state index is 13.5. The Hall–Kier alpha value is -1.29. The van der Waals surface area contributed by atoms with Crippen LogP contribution < -0.4 is 11.1 Å². The SMILES string of the molecule is Nc1ccc(NC2CCCC2CO)c(F)c1. The molecule has 1 fully saturated rings. The van der Waals surface area contributed by atoms with Gasteiger partial charge in [0.2, 0.25) is 0 Å². The third-order valence-corrected chi connectivity index (χ3v) is 3.23. The van der Waals surface area contributed by atoms with E-state index < -0.39 is 0 Å². The fourth-order valence-corrected chi connectivity index (χ4v) is 2.29. The molecule has 1 aliphatic rings. The highest BCUT2D eigenvalue weighted by Gasteiger charge is 2.26. The predicted molar refractivity (Wildman–Crippen MR) is 62.6 cm³/mol. The third kappa shape index (κ3) is 2.27. The lowest BCUT2D eigenvalue weighted by Crippen LogP contribution is -2.26. The minimum absolute atomic E-state index is 0.161. The molecule has 88 valence electrons. The van der Waals surface area contributed by atoms with Crippen molar-refractivity contribution in [3.63, 3.8) is 0 Å². The largest absolute Gasteiger partial charge is 0.399 e. The summed E-state index contributed by atoms with van der Waals surface area (Å²) in [7, 11) is 0. The van der Waals surface area contributed by atoms with E-state index in [2.05, 4.69) is 5.32 Å². The van der Waals surface area contributed by atoms with E-state index in [-0.39, 0.29) is 24.4 Å². The number of nitrogens with two attached hydrogens (primary N) is 1. The van der Waals surface area contributed by atoms with Crippen LogP contribution in [-0.2, 0) is 0 Å². The molecule has 0 aromatic heterocycles. The molecule has 2 unspecified atom stereocenters. The first-order valence-corrected chi connectivity index (χ1v) is 5.63. The lowest BCUT2D eigenvalue weighted by atomic mass is 10.0. The molecule has 0 aliphatic heterocycles. The molecule has 4 heteroatoms. The molecular formula is C12H17FN2O. The number of halogens is 1. The molecule has 1 saturated carbocycles. The molecule has 4 N–H and O–H groups in total. The maximum atomic E-state index is 13.5. The maximum Gasteiger partial charge on any atom is 0.148 e. The van der Waals surface area contributed by atoms with Crippen molar-refractivity contribution in [3.05, 3.63) is 24.0 Å². The average Bonchev–Trinajstić information content (AvgIpc) is 2.69. The van der Waals surface area contributed by atoms with E-state index in [1.54, 1.807) is 12.1 Å². The molecule has 1 aromatic carbocycles. The summed E-state index contributed by atoms with van der Waals surface area (Å²) in [5, 5.41) is 12.3. The lowest BCUT2D eigenvalue weighted by Gasteiger charge is -2.20. The summed E-state index contributed by atoms with van der Waals surface area (Å²) in [6, 6.07) is 4.81. The molecule has 3 nitrogen and oxygen atoms in total. The van der Waals surface area contributed by atoms with Crippen LogP contribution in [0.3, 0.4) is 0 Å². The summed E-state index contributed by atoms with van der Waals surface area (Å²) in [5.41, 5.74) is 6.38. The molecule has 1 aromatic rings. The van der Waals surface area contributed by atoms with Crippen molar-refractivity contribution < 1.29 is 9.50 Å². The second kappa shape index (κ2) is 4.70. The summed E-state index contributed by atoms with van der Waals surface area (Å²) < 4.78 is 13.5. The van der Waals surface area contributed by atoms with Gasteiger partial charge < -0.3 is 16.2 Å². The standard InChI is InChI=1S/C12H17FN2O/c13-10-6-9(14)4-5-12(10)15-11-3-1-2-8(11)7-16/h4-6,8,11,15-16H,1-3,7,14H2. The fraction of sp³-hybridized carbons (Fsp3) is 0.500. The summed E-state index contributed by atoms with van der Waals surface area (Å²) in [4.78, 5) is 0. The number of benzene rings is 1. The average molecular weight is 224 g/mol. The fourth-order valence-electron chi connectivity index (χ4n) is 2.29. The second-order valence-corrected chi connectivity index (χ2v) is 4.36. The van der Waals surface area contributed by atoms with Crippen molar-refractivity contribution in [1.29, 1.82) is 0 Å². The summed E-state index contributed by atoms with van der Waals surface area (Å²) in [6.45, 7) is 0.161. The van der Waals surface area contributed by atoms with Crippen molar-refractivity contribution in [1.82, 2.24) is 0 Å². The highest BCUT2D eigenvalue weighted by Crippen LogP contribution is 2.29. The summed E-state index contributed by atoms with van der Waals surface area (Å²) in [6.07, 6.45) is 3.07.